The molecule has 3 nitrogen and oxygen atoms in total. The van der Waals surface area contributed by atoms with Gasteiger partial charge in [0.25, 0.3) is 0 Å². The molecular formula is C8H9N3S3. The minimum Gasteiger partial charge on any atom is -0.399 e. The minimum atomic E-state index is 0.657. The van der Waals surface area contributed by atoms with E-state index < -0.39 is 0 Å². The largest absolute Gasteiger partial charge is 0.399 e. The van der Waals surface area contributed by atoms with Crippen LogP contribution in [0, 0.1) is 0 Å². The molecule has 1 aromatic carbocycles. The van der Waals surface area contributed by atoms with Crippen molar-refractivity contribution in [1.29, 1.82) is 0 Å². The van der Waals surface area contributed by atoms with Gasteiger partial charge in [-0.1, -0.05) is 29.5 Å². The first-order valence-corrected chi connectivity index (χ1v) is 5.41. The molecule has 0 aliphatic carbocycles. The maximum atomic E-state index is 5.36. The Bertz CT molecular complexity index is 358. The zero-order valence-corrected chi connectivity index (χ0v) is 9.77. The van der Waals surface area contributed by atoms with Crippen LogP contribution in [0.3, 0.4) is 0 Å². The lowest BCUT2D eigenvalue weighted by Crippen LogP contribution is -1.79. The molecule has 0 saturated heterocycles. The average molecular weight is 243 g/mol. The summed E-state index contributed by atoms with van der Waals surface area (Å²) in [7, 11) is 0. The second kappa shape index (κ2) is 5.90. The first-order valence-electron chi connectivity index (χ1n) is 3.70. The maximum absolute atomic E-state index is 5.36. The van der Waals surface area contributed by atoms with E-state index in [2.05, 4.69) is 35.5 Å². The average Bonchev–Trinajstić information content (AvgIpc) is 2.52. The van der Waals surface area contributed by atoms with Crippen molar-refractivity contribution >= 4 is 42.3 Å². The van der Waals surface area contributed by atoms with Gasteiger partial charge < -0.3 is 5.73 Å². The van der Waals surface area contributed by atoms with E-state index in [1.165, 1.54) is 11.3 Å². The molecule has 0 unspecified atom stereocenters. The van der Waals surface area contributed by atoms with Gasteiger partial charge in [-0.15, -0.1) is 35.5 Å². The van der Waals surface area contributed by atoms with Crippen LogP contribution < -0.4 is 5.73 Å². The Morgan fingerprint density at radius 3 is 1.71 bits per heavy atom. The van der Waals surface area contributed by atoms with Gasteiger partial charge in [0.15, 0.2) is 8.68 Å². The highest BCUT2D eigenvalue weighted by molar-refractivity contribution is 7.85. The minimum absolute atomic E-state index is 0.657. The third-order valence-electron chi connectivity index (χ3n) is 1.20. The fraction of sp³-hybridized carbons (Fsp3) is 0. The molecule has 74 valence electrons. The van der Waals surface area contributed by atoms with E-state index in [1.807, 2.05) is 30.3 Å². The Morgan fingerprint density at radius 1 is 1.00 bits per heavy atom. The highest BCUT2D eigenvalue weighted by Crippen LogP contribution is 2.15. The molecule has 0 radical (unpaired) electrons. The molecule has 0 amide bonds. The Kier molecular flexibility index (Phi) is 4.78. The van der Waals surface area contributed by atoms with Crippen molar-refractivity contribution in [2.24, 2.45) is 0 Å². The van der Waals surface area contributed by atoms with Crippen LogP contribution in [0.25, 0.3) is 0 Å². The standard InChI is InChI=1S/C6H7N.C2H2N2S3/c7-6-4-2-1-3-5-6;5-1-3-4-2(6)7-1/h1-5H,7H2;(H,3,5)(H,4,6). The number of rotatable bonds is 0. The zero-order chi connectivity index (χ0) is 10.4. The Morgan fingerprint density at radius 2 is 1.50 bits per heavy atom. The number of nitrogens with two attached hydrogens (primary N) is 1. The van der Waals surface area contributed by atoms with Crippen molar-refractivity contribution in [3.8, 4) is 0 Å². The first-order chi connectivity index (χ1) is 6.68. The number of benzene rings is 1. The molecule has 2 N–H and O–H groups in total. The first kappa shape index (κ1) is 11.4. The van der Waals surface area contributed by atoms with E-state index >= 15 is 0 Å². The van der Waals surface area contributed by atoms with Gasteiger partial charge in [-0.2, -0.15) is 0 Å². The molecular weight excluding hydrogens is 234 g/mol. The lowest BCUT2D eigenvalue weighted by atomic mass is 10.3. The molecule has 0 saturated carbocycles. The molecule has 0 atom stereocenters. The summed E-state index contributed by atoms with van der Waals surface area (Å²) in [4.78, 5) is 0. The lowest BCUT2D eigenvalue weighted by molar-refractivity contribution is 0.960. The zero-order valence-electron chi connectivity index (χ0n) is 7.16. The molecule has 1 aromatic heterocycles. The van der Waals surface area contributed by atoms with Crippen molar-refractivity contribution in [2.45, 2.75) is 8.68 Å². The molecule has 2 aromatic rings. The lowest BCUT2D eigenvalue weighted by Gasteiger charge is -1.83. The van der Waals surface area contributed by atoms with Gasteiger partial charge in [-0.05, 0) is 12.1 Å². The van der Waals surface area contributed by atoms with Crippen LogP contribution in [0.2, 0.25) is 0 Å². The molecule has 6 heteroatoms. The molecule has 14 heavy (non-hydrogen) atoms. The summed E-state index contributed by atoms with van der Waals surface area (Å²) < 4.78 is 1.31. The summed E-state index contributed by atoms with van der Waals surface area (Å²) in [5.74, 6) is 0. The predicted molar refractivity (Wildman–Crippen MR) is 65.3 cm³/mol. The van der Waals surface area contributed by atoms with E-state index in [9.17, 15) is 0 Å². The molecule has 0 fully saturated rings. The predicted octanol–water partition coefficient (Wildman–Crippen LogP) is 2.38. The van der Waals surface area contributed by atoms with E-state index in [0.717, 1.165) is 5.69 Å². The normalized spacial score (nSPS) is 9.00. The summed E-state index contributed by atoms with van der Waals surface area (Å²) in [6, 6.07) is 9.49. The van der Waals surface area contributed by atoms with Crippen molar-refractivity contribution in [3.05, 3.63) is 30.3 Å². The van der Waals surface area contributed by atoms with E-state index in [1.54, 1.807) is 0 Å². The molecule has 0 spiro atoms. The quantitative estimate of drug-likeness (QED) is 0.492. The maximum Gasteiger partial charge on any atom is 0.172 e. The van der Waals surface area contributed by atoms with Gasteiger partial charge in [0.2, 0.25) is 0 Å². The Balaban J connectivity index is 0.000000140. The van der Waals surface area contributed by atoms with Crippen LogP contribution in [0.4, 0.5) is 5.69 Å². The number of anilines is 1. The molecule has 0 aliphatic heterocycles. The second-order valence-electron chi connectivity index (χ2n) is 2.28. The van der Waals surface area contributed by atoms with Gasteiger partial charge in [0, 0.05) is 5.69 Å². The molecule has 2 rings (SSSR count). The number of hydrogen-bond acceptors (Lipinski definition) is 6. The Hall–Kier alpha value is -0.720. The van der Waals surface area contributed by atoms with Crippen LogP contribution in [-0.4, -0.2) is 10.2 Å². The van der Waals surface area contributed by atoms with E-state index in [4.69, 9.17) is 5.73 Å². The van der Waals surface area contributed by atoms with Gasteiger partial charge >= 0.3 is 0 Å². The number of nitrogens with zero attached hydrogens (tertiary/aromatic N) is 2. The molecule has 0 aliphatic rings. The van der Waals surface area contributed by atoms with Crippen molar-refractivity contribution < 1.29 is 0 Å². The second-order valence-corrected chi connectivity index (χ2v) is 4.71. The number of para-hydroxylation sites is 1. The molecule has 0 bridgehead atoms. The topological polar surface area (TPSA) is 51.8 Å². The number of hydrogen-bond donors (Lipinski definition) is 3. The van der Waals surface area contributed by atoms with Crippen molar-refractivity contribution in [2.75, 3.05) is 5.73 Å². The fourth-order valence-electron chi connectivity index (χ4n) is 0.661. The van der Waals surface area contributed by atoms with Crippen molar-refractivity contribution in [1.82, 2.24) is 10.2 Å². The summed E-state index contributed by atoms with van der Waals surface area (Å²) >= 11 is 9.15. The van der Waals surface area contributed by atoms with Crippen molar-refractivity contribution in [3.63, 3.8) is 0 Å². The number of nitrogen functional groups attached to an aromatic ring is 1. The summed E-state index contributed by atoms with van der Waals surface area (Å²) in [6.07, 6.45) is 0. The summed E-state index contributed by atoms with van der Waals surface area (Å²) in [5, 5.41) is 7.15. The fourth-order valence-corrected chi connectivity index (χ4v) is 1.81. The number of thiol groups is 2. The third-order valence-corrected chi connectivity index (χ3v) is 2.46. The van der Waals surface area contributed by atoms with Crippen LogP contribution >= 0.6 is 36.6 Å². The van der Waals surface area contributed by atoms with Crippen LogP contribution in [0.5, 0.6) is 0 Å². The smallest absolute Gasteiger partial charge is 0.172 e. The van der Waals surface area contributed by atoms with E-state index in [-0.39, 0.29) is 0 Å². The number of aromatic nitrogens is 2. The van der Waals surface area contributed by atoms with Crippen LogP contribution in [0.15, 0.2) is 39.0 Å². The van der Waals surface area contributed by atoms with Gasteiger partial charge in [0.05, 0.1) is 0 Å². The Labute approximate surface area is 97.2 Å². The van der Waals surface area contributed by atoms with Crippen LogP contribution in [0.1, 0.15) is 0 Å². The highest BCUT2D eigenvalue weighted by Gasteiger charge is 1.90. The monoisotopic (exact) mass is 243 g/mol. The SMILES string of the molecule is Nc1ccccc1.Sc1nnc(S)s1. The van der Waals surface area contributed by atoms with E-state index in [0.29, 0.717) is 8.68 Å². The molecule has 1 heterocycles. The van der Waals surface area contributed by atoms with Gasteiger partial charge in [-0.25, -0.2) is 0 Å². The van der Waals surface area contributed by atoms with Gasteiger partial charge in [0.1, 0.15) is 0 Å². The van der Waals surface area contributed by atoms with Gasteiger partial charge in [-0.3, -0.25) is 0 Å². The third kappa shape index (κ3) is 4.50. The van der Waals surface area contributed by atoms with Crippen LogP contribution in [-0.2, 0) is 0 Å². The summed E-state index contributed by atoms with van der Waals surface area (Å²) in [6.45, 7) is 0. The highest BCUT2D eigenvalue weighted by atomic mass is 32.2. The summed E-state index contributed by atoms with van der Waals surface area (Å²) in [5.41, 5.74) is 6.18.